The van der Waals surface area contributed by atoms with E-state index in [1.165, 1.54) is 0 Å². The van der Waals surface area contributed by atoms with E-state index in [4.69, 9.17) is 4.74 Å². The molecule has 84 valence electrons. The first kappa shape index (κ1) is 10.6. The molecule has 0 aromatic carbocycles. The van der Waals surface area contributed by atoms with Crippen molar-refractivity contribution in [3.8, 4) is 0 Å². The molecule has 1 saturated carbocycles. The van der Waals surface area contributed by atoms with Crippen molar-refractivity contribution in [1.29, 1.82) is 0 Å². The van der Waals surface area contributed by atoms with Crippen LogP contribution in [0.4, 0.5) is 0 Å². The second-order valence-electron chi connectivity index (χ2n) is 4.79. The topological polar surface area (TPSA) is 49.9 Å². The SMILES string of the molecule is COC1CC(NCc2cnc[nH]2)C1(C)C. The number of imidazole rings is 1. The fourth-order valence-corrected chi connectivity index (χ4v) is 2.25. The summed E-state index contributed by atoms with van der Waals surface area (Å²) < 4.78 is 5.41. The number of rotatable bonds is 4. The molecule has 2 rings (SSSR count). The molecule has 4 nitrogen and oxygen atoms in total. The summed E-state index contributed by atoms with van der Waals surface area (Å²) in [4.78, 5) is 7.08. The Labute approximate surface area is 90.4 Å². The quantitative estimate of drug-likeness (QED) is 0.786. The Balaban J connectivity index is 1.83. The maximum Gasteiger partial charge on any atom is 0.0922 e. The number of ether oxygens (including phenoxy) is 1. The van der Waals surface area contributed by atoms with Crippen LogP contribution < -0.4 is 5.32 Å². The van der Waals surface area contributed by atoms with E-state index in [9.17, 15) is 0 Å². The lowest BCUT2D eigenvalue weighted by Gasteiger charge is -2.51. The first-order valence-corrected chi connectivity index (χ1v) is 5.38. The number of methoxy groups -OCH3 is 1. The van der Waals surface area contributed by atoms with Crippen LogP contribution >= 0.6 is 0 Å². The van der Waals surface area contributed by atoms with Crippen LogP contribution in [0.15, 0.2) is 12.5 Å². The second-order valence-corrected chi connectivity index (χ2v) is 4.79. The molecule has 1 aromatic rings. The summed E-state index contributed by atoms with van der Waals surface area (Å²) in [7, 11) is 1.79. The number of H-pyrrole nitrogens is 1. The lowest BCUT2D eigenvalue weighted by atomic mass is 9.64. The van der Waals surface area contributed by atoms with Crippen LogP contribution in [0, 0.1) is 5.41 Å². The normalized spacial score (nSPS) is 28.7. The predicted molar refractivity (Wildman–Crippen MR) is 58.4 cm³/mol. The van der Waals surface area contributed by atoms with Gasteiger partial charge in [0.1, 0.15) is 0 Å². The molecule has 15 heavy (non-hydrogen) atoms. The van der Waals surface area contributed by atoms with E-state index in [1.54, 1.807) is 13.4 Å². The third-order valence-electron chi connectivity index (χ3n) is 3.56. The Kier molecular flexibility index (Phi) is 2.80. The Morgan fingerprint density at radius 2 is 2.47 bits per heavy atom. The molecule has 1 aromatic heterocycles. The molecule has 0 bridgehead atoms. The van der Waals surface area contributed by atoms with Gasteiger partial charge in [-0.25, -0.2) is 4.98 Å². The van der Waals surface area contributed by atoms with Gasteiger partial charge >= 0.3 is 0 Å². The van der Waals surface area contributed by atoms with Gasteiger partial charge < -0.3 is 15.0 Å². The van der Waals surface area contributed by atoms with Crippen molar-refractivity contribution in [3.05, 3.63) is 18.2 Å². The van der Waals surface area contributed by atoms with Crippen LogP contribution in [-0.4, -0.2) is 29.2 Å². The van der Waals surface area contributed by atoms with E-state index in [0.717, 1.165) is 18.7 Å². The van der Waals surface area contributed by atoms with Crippen LogP contribution in [0.25, 0.3) is 0 Å². The van der Waals surface area contributed by atoms with E-state index < -0.39 is 0 Å². The molecule has 1 heterocycles. The maximum atomic E-state index is 5.41. The third-order valence-corrected chi connectivity index (χ3v) is 3.56. The van der Waals surface area contributed by atoms with Crippen molar-refractivity contribution in [1.82, 2.24) is 15.3 Å². The second kappa shape index (κ2) is 3.94. The van der Waals surface area contributed by atoms with Gasteiger partial charge in [-0.15, -0.1) is 0 Å². The Morgan fingerprint density at radius 1 is 1.67 bits per heavy atom. The average Bonchev–Trinajstić information content (AvgIpc) is 2.69. The maximum absolute atomic E-state index is 5.41. The van der Waals surface area contributed by atoms with E-state index in [2.05, 4.69) is 29.1 Å². The van der Waals surface area contributed by atoms with Gasteiger partial charge in [0.25, 0.3) is 0 Å². The average molecular weight is 209 g/mol. The van der Waals surface area contributed by atoms with Crippen LogP contribution in [-0.2, 0) is 11.3 Å². The van der Waals surface area contributed by atoms with E-state index >= 15 is 0 Å². The molecule has 4 heteroatoms. The molecule has 0 aliphatic heterocycles. The molecule has 0 saturated heterocycles. The first-order chi connectivity index (χ1) is 7.14. The lowest BCUT2D eigenvalue weighted by Crippen LogP contribution is -2.60. The smallest absolute Gasteiger partial charge is 0.0922 e. The molecule has 1 aliphatic carbocycles. The zero-order valence-corrected chi connectivity index (χ0v) is 9.58. The lowest BCUT2D eigenvalue weighted by molar-refractivity contribution is -0.0979. The van der Waals surface area contributed by atoms with Crippen molar-refractivity contribution >= 4 is 0 Å². The van der Waals surface area contributed by atoms with Gasteiger partial charge in [-0.2, -0.15) is 0 Å². The van der Waals surface area contributed by atoms with Crippen molar-refractivity contribution in [3.63, 3.8) is 0 Å². The van der Waals surface area contributed by atoms with E-state index in [-0.39, 0.29) is 5.41 Å². The predicted octanol–water partition coefficient (Wildman–Crippen LogP) is 1.31. The summed E-state index contributed by atoms with van der Waals surface area (Å²) >= 11 is 0. The number of nitrogens with zero attached hydrogens (tertiary/aromatic N) is 1. The monoisotopic (exact) mass is 209 g/mol. The van der Waals surface area contributed by atoms with Gasteiger partial charge in [-0.1, -0.05) is 13.8 Å². The zero-order chi connectivity index (χ0) is 10.9. The van der Waals surface area contributed by atoms with Crippen molar-refractivity contribution in [2.75, 3.05) is 7.11 Å². The highest BCUT2D eigenvalue weighted by Crippen LogP contribution is 2.42. The van der Waals surface area contributed by atoms with Gasteiger partial charge in [0.15, 0.2) is 0 Å². The first-order valence-electron chi connectivity index (χ1n) is 5.38. The zero-order valence-electron chi connectivity index (χ0n) is 9.58. The summed E-state index contributed by atoms with van der Waals surface area (Å²) in [5.74, 6) is 0. The minimum Gasteiger partial charge on any atom is -0.381 e. The summed E-state index contributed by atoms with van der Waals surface area (Å²) in [5.41, 5.74) is 1.36. The van der Waals surface area contributed by atoms with Crippen molar-refractivity contribution in [2.24, 2.45) is 5.41 Å². The number of aromatic nitrogens is 2. The molecule has 2 unspecified atom stereocenters. The largest absolute Gasteiger partial charge is 0.381 e. The standard InChI is InChI=1S/C11H19N3O/c1-11(2)9(4-10(11)15-3)13-6-8-5-12-7-14-8/h5,7,9-10,13H,4,6H2,1-3H3,(H,12,14). The van der Waals surface area contributed by atoms with Crippen molar-refractivity contribution < 1.29 is 4.74 Å². The molecular formula is C11H19N3O. The van der Waals surface area contributed by atoms with Gasteiger partial charge in [-0.05, 0) is 6.42 Å². The molecule has 1 fully saturated rings. The number of hydrogen-bond donors (Lipinski definition) is 2. The van der Waals surface area contributed by atoms with Crippen LogP contribution in [0.2, 0.25) is 0 Å². The van der Waals surface area contributed by atoms with Crippen LogP contribution in [0.5, 0.6) is 0 Å². The Bertz CT molecular complexity index is 308. The van der Waals surface area contributed by atoms with Crippen LogP contribution in [0.3, 0.4) is 0 Å². The summed E-state index contributed by atoms with van der Waals surface area (Å²) in [6.45, 7) is 5.34. The highest BCUT2D eigenvalue weighted by molar-refractivity contribution is 5.04. The number of aromatic amines is 1. The van der Waals surface area contributed by atoms with Crippen LogP contribution in [0.1, 0.15) is 26.0 Å². The molecular weight excluding hydrogens is 190 g/mol. The Hall–Kier alpha value is -0.870. The minimum atomic E-state index is 0.231. The summed E-state index contributed by atoms with van der Waals surface area (Å²) in [6.07, 6.45) is 5.04. The molecule has 1 aliphatic rings. The highest BCUT2D eigenvalue weighted by atomic mass is 16.5. The molecule has 2 N–H and O–H groups in total. The summed E-state index contributed by atoms with van der Waals surface area (Å²) in [6, 6.07) is 0.533. The van der Waals surface area contributed by atoms with E-state index in [0.29, 0.717) is 12.1 Å². The summed E-state index contributed by atoms with van der Waals surface area (Å²) in [5, 5.41) is 3.52. The number of nitrogens with one attached hydrogen (secondary N) is 2. The molecule has 2 atom stereocenters. The van der Waals surface area contributed by atoms with Gasteiger partial charge in [0, 0.05) is 37.0 Å². The number of hydrogen-bond acceptors (Lipinski definition) is 3. The minimum absolute atomic E-state index is 0.231. The fraction of sp³-hybridized carbons (Fsp3) is 0.727. The molecule has 0 spiro atoms. The highest BCUT2D eigenvalue weighted by Gasteiger charge is 2.48. The fourth-order valence-electron chi connectivity index (χ4n) is 2.25. The Morgan fingerprint density at radius 3 is 3.00 bits per heavy atom. The van der Waals surface area contributed by atoms with E-state index in [1.807, 2.05) is 6.20 Å². The molecule has 0 amide bonds. The van der Waals surface area contributed by atoms with Gasteiger partial charge in [0.2, 0.25) is 0 Å². The van der Waals surface area contributed by atoms with Crippen molar-refractivity contribution in [2.45, 2.75) is 39.0 Å². The molecule has 0 radical (unpaired) electrons. The third kappa shape index (κ3) is 1.92. The van der Waals surface area contributed by atoms with Gasteiger partial charge in [0.05, 0.1) is 12.4 Å². The van der Waals surface area contributed by atoms with Gasteiger partial charge in [-0.3, -0.25) is 0 Å².